The maximum Gasteiger partial charge on any atom is 0.0654 e. The molecule has 0 aliphatic heterocycles. The Bertz CT molecular complexity index is 304. The molecule has 0 heterocycles. The largest absolute Gasteiger partial charge is 0.302 e. The van der Waals surface area contributed by atoms with Crippen molar-refractivity contribution in [1.29, 1.82) is 0 Å². The van der Waals surface area contributed by atoms with E-state index in [0.717, 1.165) is 5.56 Å². The summed E-state index contributed by atoms with van der Waals surface area (Å²) in [6.45, 7) is 4.55. The standard InChI is InChI=1S/C10H13Cl2NO/c1-3-14-13-7(2)8-4-5-9(11)10(12)6-8/h4-7,13H,3H2,1-2H3. The third-order valence-corrected chi connectivity index (χ3v) is 2.59. The van der Waals surface area contributed by atoms with Gasteiger partial charge in [-0.25, -0.2) is 0 Å². The molecule has 1 N–H and O–H groups in total. The highest BCUT2D eigenvalue weighted by atomic mass is 35.5. The van der Waals surface area contributed by atoms with Crippen LogP contribution in [-0.4, -0.2) is 6.61 Å². The molecule has 0 fully saturated rings. The predicted octanol–water partition coefficient (Wildman–Crippen LogP) is 3.60. The average Bonchev–Trinajstić information content (AvgIpc) is 2.18. The first kappa shape index (κ1) is 11.8. The first-order valence-electron chi connectivity index (χ1n) is 4.47. The summed E-state index contributed by atoms with van der Waals surface area (Å²) < 4.78 is 0. The molecule has 1 aromatic rings. The summed E-state index contributed by atoms with van der Waals surface area (Å²) in [6.07, 6.45) is 0. The van der Waals surface area contributed by atoms with Gasteiger partial charge in [0.15, 0.2) is 0 Å². The number of benzene rings is 1. The van der Waals surface area contributed by atoms with E-state index in [9.17, 15) is 0 Å². The number of hydroxylamine groups is 1. The summed E-state index contributed by atoms with van der Waals surface area (Å²) >= 11 is 11.7. The molecule has 14 heavy (non-hydrogen) atoms. The summed E-state index contributed by atoms with van der Waals surface area (Å²) in [4.78, 5) is 5.09. The van der Waals surface area contributed by atoms with Gasteiger partial charge in [-0.15, -0.1) is 0 Å². The van der Waals surface area contributed by atoms with Gasteiger partial charge in [0.05, 0.1) is 22.7 Å². The highest BCUT2D eigenvalue weighted by Crippen LogP contribution is 2.25. The van der Waals surface area contributed by atoms with Gasteiger partial charge in [0.2, 0.25) is 0 Å². The predicted molar refractivity (Wildman–Crippen MR) is 59.6 cm³/mol. The van der Waals surface area contributed by atoms with Crippen LogP contribution in [0.3, 0.4) is 0 Å². The molecule has 1 atom stereocenters. The zero-order valence-electron chi connectivity index (χ0n) is 8.18. The van der Waals surface area contributed by atoms with Crippen LogP contribution in [0, 0.1) is 0 Å². The van der Waals surface area contributed by atoms with Crippen molar-refractivity contribution < 1.29 is 4.84 Å². The fourth-order valence-electron chi connectivity index (χ4n) is 1.06. The van der Waals surface area contributed by atoms with E-state index in [1.165, 1.54) is 0 Å². The Morgan fingerprint density at radius 3 is 2.64 bits per heavy atom. The summed E-state index contributed by atoms with van der Waals surface area (Å²) in [6, 6.07) is 5.64. The van der Waals surface area contributed by atoms with E-state index in [-0.39, 0.29) is 6.04 Å². The van der Waals surface area contributed by atoms with Crippen molar-refractivity contribution >= 4 is 23.2 Å². The van der Waals surface area contributed by atoms with Crippen molar-refractivity contribution in [2.75, 3.05) is 6.61 Å². The smallest absolute Gasteiger partial charge is 0.0654 e. The van der Waals surface area contributed by atoms with Crippen molar-refractivity contribution in [3.05, 3.63) is 33.8 Å². The molecule has 0 amide bonds. The third kappa shape index (κ3) is 3.14. The molecule has 0 aliphatic rings. The van der Waals surface area contributed by atoms with Crippen molar-refractivity contribution in [2.24, 2.45) is 0 Å². The molecular weight excluding hydrogens is 221 g/mol. The minimum Gasteiger partial charge on any atom is -0.302 e. The van der Waals surface area contributed by atoms with Crippen LogP contribution < -0.4 is 5.48 Å². The van der Waals surface area contributed by atoms with Crippen molar-refractivity contribution in [3.8, 4) is 0 Å². The number of rotatable bonds is 4. The number of nitrogens with one attached hydrogen (secondary N) is 1. The summed E-state index contributed by atoms with van der Waals surface area (Å²) in [5.74, 6) is 0. The lowest BCUT2D eigenvalue weighted by atomic mass is 10.1. The minimum absolute atomic E-state index is 0.102. The molecular formula is C10H13Cl2NO. The van der Waals surface area contributed by atoms with E-state index in [1.54, 1.807) is 6.07 Å². The van der Waals surface area contributed by atoms with Crippen LogP contribution >= 0.6 is 23.2 Å². The Hall–Kier alpha value is -0.280. The molecule has 4 heteroatoms. The van der Waals surface area contributed by atoms with Crippen LogP contribution in [-0.2, 0) is 4.84 Å². The average molecular weight is 234 g/mol. The normalized spacial score (nSPS) is 12.9. The fourth-order valence-corrected chi connectivity index (χ4v) is 1.36. The van der Waals surface area contributed by atoms with Gasteiger partial charge in [0.25, 0.3) is 0 Å². The molecule has 1 aromatic carbocycles. The lowest BCUT2D eigenvalue weighted by molar-refractivity contribution is 0.0285. The summed E-state index contributed by atoms with van der Waals surface area (Å²) in [5, 5.41) is 1.13. The van der Waals surface area contributed by atoms with E-state index in [4.69, 9.17) is 28.0 Å². The molecule has 0 spiro atoms. The Balaban J connectivity index is 2.70. The van der Waals surface area contributed by atoms with Crippen LogP contribution in [0.15, 0.2) is 18.2 Å². The molecule has 1 rings (SSSR count). The van der Waals surface area contributed by atoms with Crippen LogP contribution in [0.4, 0.5) is 0 Å². The Kier molecular flexibility index (Phi) is 4.69. The first-order chi connectivity index (χ1) is 6.65. The second kappa shape index (κ2) is 5.56. The van der Waals surface area contributed by atoms with E-state index >= 15 is 0 Å². The van der Waals surface area contributed by atoms with E-state index in [1.807, 2.05) is 26.0 Å². The quantitative estimate of drug-likeness (QED) is 0.803. The fraction of sp³-hybridized carbons (Fsp3) is 0.400. The number of hydrogen-bond donors (Lipinski definition) is 1. The van der Waals surface area contributed by atoms with Gasteiger partial charge in [-0.1, -0.05) is 29.3 Å². The second-order valence-corrected chi connectivity index (χ2v) is 3.76. The number of hydrogen-bond acceptors (Lipinski definition) is 2. The van der Waals surface area contributed by atoms with Crippen LogP contribution in [0.5, 0.6) is 0 Å². The third-order valence-electron chi connectivity index (χ3n) is 1.85. The SMILES string of the molecule is CCONC(C)c1ccc(Cl)c(Cl)c1. The van der Waals surface area contributed by atoms with Crippen LogP contribution in [0.25, 0.3) is 0 Å². The van der Waals surface area contributed by atoms with Gasteiger partial charge in [-0.05, 0) is 31.5 Å². The van der Waals surface area contributed by atoms with Crippen LogP contribution in [0.1, 0.15) is 25.5 Å². The highest BCUT2D eigenvalue weighted by Gasteiger charge is 2.06. The maximum atomic E-state index is 5.89. The highest BCUT2D eigenvalue weighted by molar-refractivity contribution is 6.42. The molecule has 0 saturated heterocycles. The molecule has 0 aliphatic carbocycles. The van der Waals surface area contributed by atoms with Gasteiger partial charge in [-0.3, -0.25) is 0 Å². The monoisotopic (exact) mass is 233 g/mol. The topological polar surface area (TPSA) is 21.3 Å². The van der Waals surface area contributed by atoms with E-state index in [2.05, 4.69) is 5.48 Å². The van der Waals surface area contributed by atoms with Gasteiger partial charge >= 0.3 is 0 Å². The lowest BCUT2D eigenvalue weighted by Crippen LogP contribution is -2.18. The van der Waals surface area contributed by atoms with E-state index in [0.29, 0.717) is 16.7 Å². The summed E-state index contributed by atoms with van der Waals surface area (Å²) in [7, 11) is 0. The maximum absolute atomic E-state index is 5.89. The molecule has 0 radical (unpaired) electrons. The Morgan fingerprint density at radius 1 is 1.36 bits per heavy atom. The Labute approximate surface area is 94.1 Å². The van der Waals surface area contributed by atoms with Gasteiger partial charge in [0.1, 0.15) is 0 Å². The zero-order valence-corrected chi connectivity index (χ0v) is 9.69. The Morgan fingerprint density at radius 2 is 2.07 bits per heavy atom. The van der Waals surface area contributed by atoms with Crippen LogP contribution in [0.2, 0.25) is 10.0 Å². The van der Waals surface area contributed by atoms with Crippen molar-refractivity contribution in [1.82, 2.24) is 5.48 Å². The molecule has 1 unspecified atom stereocenters. The molecule has 0 aromatic heterocycles. The van der Waals surface area contributed by atoms with Gasteiger partial charge < -0.3 is 4.84 Å². The summed E-state index contributed by atoms with van der Waals surface area (Å²) in [5.41, 5.74) is 3.94. The molecule has 0 saturated carbocycles. The lowest BCUT2D eigenvalue weighted by Gasteiger charge is -2.13. The second-order valence-electron chi connectivity index (χ2n) is 2.95. The van der Waals surface area contributed by atoms with Gasteiger partial charge in [0, 0.05) is 0 Å². The molecule has 0 bridgehead atoms. The molecule has 2 nitrogen and oxygen atoms in total. The van der Waals surface area contributed by atoms with Crippen molar-refractivity contribution in [2.45, 2.75) is 19.9 Å². The van der Waals surface area contributed by atoms with Gasteiger partial charge in [-0.2, -0.15) is 5.48 Å². The number of halogens is 2. The van der Waals surface area contributed by atoms with E-state index < -0.39 is 0 Å². The molecule has 78 valence electrons. The minimum atomic E-state index is 0.102. The zero-order chi connectivity index (χ0) is 10.6. The van der Waals surface area contributed by atoms with Crippen molar-refractivity contribution in [3.63, 3.8) is 0 Å². The first-order valence-corrected chi connectivity index (χ1v) is 5.23.